The Balaban J connectivity index is 1.39. The van der Waals surface area contributed by atoms with Gasteiger partial charge in [0.1, 0.15) is 11.4 Å². The number of alkyl halides is 6. The molecule has 4 rings (SSSR count). The molecular formula is C25H31F6N7O3. The monoisotopic (exact) mass is 591 g/mol. The molecule has 4 heterocycles. The molecule has 1 amide bonds. The lowest BCUT2D eigenvalue weighted by atomic mass is 10.1. The number of carbonyl (C=O) groups is 1. The fourth-order valence-corrected chi connectivity index (χ4v) is 5.00. The number of piperazine rings is 1. The van der Waals surface area contributed by atoms with Gasteiger partial charge in [0.25, 0.3) is 5.56 Å². The maximum absolute atomic E-state index is 13.4. The van der Waals surface area contributed by atoms with Crippen molar-refractivity contribution in [3.05, 3.63) is 39.9 Å². The zero-order valence-corrected chi connectivity index (χ0v) is 22.7. The normalized spacial score (nSPS) is 20.6. The Morgan fingerprint density at radius 2 is 1.66 bits per heavy atom. The highest BCUT2D eigenvalue weighted by Gasteiger charge is 2.39. The first-order valence-electron chi connectivity index (χ1n) is 13.0. The molecule has 2 atom stereocenters. The van der Waals surface area contributed by atoms with Gasteiger partial charge in [-0.3, -0.25) is 9.59 Å². The van der Waals surface area contributed by atoms with E-state index >= 15 is 0 Å². The molecule has 2 aliphatic heterocycles. The summed E-state index contributed by atoms with van der Waals surface area (Å²) in [6, 6.07) is 0.350. The second-order valence-electron chi connectivity index (χ2n) is 11.0. The highest BCUT2D eigenvalue weighted by molar-refractivity contribution is 5.76. The van der Waals surface area contributed by atoms with Crippen molar-refractivity contribution in [1.29, 1.82) is 0 Å². The topological polar surface area (TPSA) is 108 Å². The van der Waals surface area contributed by atoms with Crippen molar-refractivity contribution in [3.8, 4) is 0 Å². The molecule has 16 heteroatoms. The Bertz CT molecular complexity index is 1270. The third-order valence-electron chi connectivity index (χ3n) is 6.86. The van der Waals surface area contributed by atoms with Crippen LogP contribution in [0.2, 0.25) is 0 Å². The molecule has 2 fully saturated rings. The third-order valence-corrected chi connectivity index (χ3v) is 6.86. The summed E-state index contributed by atoms with van der Waals surface area (Å²) in [7, 11) is 0. The molecule has 41 heavy (non-hydrogen) atoms. The van der Waals surface area contributed by atoms with Crippen LogP contribution in [0.5, 0.6) is 0 Å². The summed E-state index contributed by atoms with van der Waals surface area (Å²) >= 11 is 0. The summed E-state index contributed by atoms with van der Waals surface area (Å²) in [4.78, 5) is 37.3. The molecule has 0 spiro atoms. The molecule has 0 bridgehead atoms. The molecule has 226 valence electrons. The molecule has 0 aromatic carbocycles. The van der Waals surface area contributed by atoms with Gasteiger partial charge >= 0.3 is 12.4 Å². The number of aromatic nitrogens is 4. The Kier molecular flexibility index (Phi) is 8.52. The molecular weight excluding hydrogens is 560 g/mol. The fraction of sp³-hybridized carbons (Fsp3) is 0.640. The zero-order chi connectivity index (χ0) is 30.2. The number of hydrogen-bond donors (Lipinski definition) is 1. The molecule has 2 saturated heterocycles. The minimum absolute atomic E-state index is 0.0560. The first-order chi connectivity index (χ1) is 19.0. The van der Waals surface area contributed by atoms with Crippen molar-refractivity contribution >= 4 is 17.7 Å². The first kappa shape index (κ1) is 30.5. The van der Waals surface area contributed by atoms with E-state index in [1.54, 1.807) is 14.7 Å². The highest BCUT2D eigenvalue weighted by atomic mass is 19.4. The SMILES string of the molecule is CC(C)(C)O[C@@H]1C[C@@H](CCC(=O)N2CCN(c3ncc(C(F)(F)F)cn3)CC2)N(c2cc(C(F)(F)F)c(=O)[nH]n2)C1. The van der Waals surface area contributed by atoms with Crippen LogP contribution in [0, 0.1) is 0 Å². The van der Waals surface area contributed by atoms with Crippen LogP contribution in [-0.2, 0) is 21.9 Å². The second kappa shape index (κ2) is 11.4. The number of aromatic amines is 1. The van der Waals surface area contributed by atoms with E-state index in [9.17, 15) is 35.9 Å². The predicted molar refractivity (Wildman–Crippen MR) is 135 cm³/mol. The lowest BCUT2D eigenvalue weighted by molar-refractivity contribution is -0.139. The predicted octanol–water partition coefficient (Wildman–Crippen LogP) is 3.49. The summed E-state index contributed by atoms with van der Waals surface area (Å²) in [6.45, 7) is 7.11. The molecule has 0 radical (unpaired) electrons. The number of nitrogens with one attached hydrogen (secondary N) is 1. The van der Waals surface area contributed by atoms with Crippen LogP contribution >= 0.6 is 0 Å². The Labute approximate surface area is 231 Å². The van der Waals surface area contributed by atoms with Crippen LogP contribution in [0.25, 0.3) is 0 Å². The quantitative estimate of drug-likeness (QED) is 0.509. The maximum Gasteiger partial charge on any atom is 0.421 e. The molecule has 2 aromatic rings. The molecule has 2 aliphatic rings. The van der Waals surface area contributed by atoms with Crippen molar-refractivity contribution in [1.82, 2.24) is 25.1 Å². The summed E-state index contributed by atoms with van der Waals surface area (Å²) in [5.74, 6) is -0.0775. The lowest BCUT2D eigenvalue weighted by Gasteiger charge is -2.35. The summed E-state index contributed by atoms with van der Waals surface area (Å²) < 4.78 is 84.5. The summed E-state index contributed by atoms with van der Waals surface area (Å²) in [5, 5.41) is 5.77. The molecule has 0 saturated carbocycles. The van der Waals surface area contributed by atoms with Crippen LogP contribution in [0.4, 0.5) is 38.1 Å². The first-order valence-corrected chi connectivity index (χ1v) is 13.0. The molecule has 0 unspecified atom stereocenters. The molecule has 10 nitrogen and oxygen atoms in total. The van der Waals surface area contributed by atoms with Gasteiger partial charge in [-0.1, -0.05) is 0 Å². The number of H-pyrrole nitrogens is 1. The van der Waals surface area contributed by atoms with Gasteiger partial charge < -0.3 is 19.4 Å². The van der Waals surface area contributed by atoms with Gasteiger partial charge in [0.2, 0.25) is 11.9 Å². The molecule has 0 aliphatic carbocycles. The van der Waals surface area contributed by atoms with Gasteiger partial charge in [0.05, 0.1) is 17.3 Å². The van der Waals surface area contributed by atoms with E-state index in [2.05, 4.69) is 15.1 Å². The number of anilines is 2. The highest BCUT2D eigenvalue weighted by Crippen LogP contribution is 2.33. The van der Waals surface area contributed by atoms with Gasteiger partial charge in [-0.25, -0.2) is 15.1 Å². The Morgan fingerprint density at radius 1 is 1.02 bits per heavy atom. The van der Waals surface area contributed by atoms with Crippen molar-refractivity contribution in [2.45, 2.75) is 70.1 Å². The van der Waals surface area contributed by atoms with E-state index in [0.29, 0.717) is 39.0 Å². The summed E-state index contributed by atoms with van der Waals surface area (Å²) in [5.41, 5.74) is -4.15. The van der Waals surface area contributed by atoms with Gasteiger partial charge in [-0.2, -0.15) is 31.4 Å². The number of carbonyl (C=O) groups excluding carboxylic acids is 1. The number of nitrogens with zero attached hydrogens (tertiary/aromatic N) is 6. The number of ether oxygens (including phenoxy) is 1. The smallest absolute Gasteiger partial charge is 0.371 e. The standard InChI is InChI=1S/C25H31F6N7O3/c1-23(2,3)41-17-10-16(38(14-17)19-11-18(25(29,30)31)21(40)35-34-19)4-5-20(39)36-6-8-37(9-7-36)22-32-12-15(13-33-22)24(26,27)28/h11-13,16-17H,4-10,14H2,1-3H3,(H,35,40)/t16-,17-/m1/s1. The van der Waals surface area contributed by atoms with E-state index < -0.39 is 34.6 Å². The zero-order valence-electron chi connectivity index (χ0n) is 22.7. The van der Waals surface area contributed by atoms with Gasteiger partial charge in [0, 0.05) is 63.6 Å². The van der Waals surface area contributed by atoms with Crippen LogP contribution in [0.1, 0.15) is 51.2 Å². The maximum atomic E-state index is 13.4. The second-order valence-corrected chi connectivity index (χ2v) is 11.0. The number of halogens is 6. The Morgan fingerprint density at radius 3 is 2.22 bits per heavy atom. The van der Waals surface area contributed by atoms with Crippen LogP contribution in [-0.4, -0.2) is 81.4 Å². The van der Waals surface area contributed by atoms with Crippen LogP contribution < -0.4 is 15.4 Å². The minimum atomic E-state index is -4.86. The average molecular weight is 592 g/mol. The van der Waals surface area contributed by atoms with E-state index in [-0.39, 0.29) is 42.8 Å². The average Bonchev–Trinajstić information content (AvgIpc) is 3.27. The van der Waals surface area contributed by atoms with Crippen molar-refractivity contribution < 1.29 is 35.9 Å². The van der Waals surface area contributed by atoms with E-state index in [1.807, 2.05) is 25.9 Å². The third kappa shape index (κ3) is 7.65. The van der Waals surface area contributed by atoms with E-state index in [1.165, 1.54) is 0 Å². The van der Waals surface area contributed by atoms with Crippen molar-refractivity contribution in [2.24, 2.45) is 0 Å². The fourth-order valence-electron chi connectivity index (χ4n) is 5.00. The minimum Gasteiger partial charge on any atom is -0.371 e. The number of hydrogen-bond acceptors (Lipinski definition) is 8. The van der Waals surface area contributed by atoms with E-state index in [0.717, 1.165) is 18.5 Å². The van der Waals surface area contributed by atoms with Crippen molar-refractivity contribution in [3.63, 3.8) is 0 Å². The van der Waals surface area contributed by atoms with Gasteiger partial charge in [-0.15, -0.1) is 0 Å². The van der Waals surface area contributed by atoms with Crippen molar-refractivity contribution in [2.75, 3.05) is 42.5 Å². The van der Waals surface area contributed by atoms with E-state index in [4.69, 9.17) is 4.74 Å². The van der Waals surface area contributed by atoms with Crippen LogP contribution in [0.15, 0.2) is 23.3 Å². The van der Waals surface area contributed by atoms with Gasteiger partial charge in [0.15, 0.2) is 0 Å². The largest absolute Gasteiger partial charge is 0.421 e. The summed E-state index contributed by atoms with van der Waals surface area (Å²) in [6.07, 6.45) is -7.41. The lowest BCUT2D eigenvalue weighted by Crippen LogP contribution is -2.49. The van der Waals surface area contributed by atoms with Crippen LogP contribution in [0.3, 0.4) is 0 Å². The molecule has 2 aromatic heterocycles. The number of amides is 1. The number of rotatable bonds is 6. The molecule has 1 N–H and O–H groups in total. The Hall–Kier alpha value is -3.43. The van der Waals surface area contributed by atoms with Gasteiger partial charge in [-0.05, 0) is 33.6 Å².